The van der Waals surface area contributed by atoms with Crippen molar-refractivity contribution in [2.75, 3.05) is 6.61 Å². The summed E-state index contributed by atoms with van der Waals surface area (Å²) in [5, 5.41) is 18.9. The van der Waals surface area contributed by atoms with E-state index in [1.54, 1.807) is 18.2 Å². The van der Waals surface area contributed by atoms with Crippen molar-refractivity contribution in [3.63, 3.8) is 0 Å². The molecule has 2 N–H and O–H groups in total. The molecule has 1 heterocycles. The molecule has 4 heteroatoms. The lowest BCUT2D eigenvalue weighted by atomic mass is 9.85. The van der Waals surface area contributed by atoms with Gasteiger partial charge in [-0.25, -0.2) is 0 Å². The van der Waals surface area contributed by atoms with Crippen molar-refractivity contribution in [2.24, 2.45) is 0 Å². The summed E-state index contributed by atoms with van der Waals surface area (Å²) in [5.41, 5.74) is 2.39. The number of aliphatic hydroxyl groups is 2. The second-order valence-corrected chi connectivity index (χ2v) is 5.11. The Labute approximate surface area is 122 Å². The predicted molar refractivity (Wildman–Crippen MR) is 77.4 cm³/mol. The first-order valence-corrected chi connectivity index (χ1v) is 6.86. The van der Waals surface area contributed by atoms with Crippen molar-refractivity contribution >= 4 is 5.78 Å². The number of aliphatic hydroxyl groups excluding tert-OH is 2. The molecule has 0 radical (unpaired) electrons. The molecule has 0 aromatic heterocycles. The van der Waals surface area contributed by atoms with E-state index in [2.05, 4.69) is 0 Å². The number of Topliss-reactive ketones (excluding diaryl/α,β-unsaturated/α-hetero) is 1. The highest BCUT2D eigenvalue weighted by Gasteiger charge is 2.28. The summed E-state index contributed by atoms with van der Waals surface area (Å²) < 4.78 is 5.43. The lowest BCUT2D eigenvalue weighted by molar-refractivity contribution is -0.0359. The highest BCUT2D eigenvalue weighted by atomic mass is 16.6. The van der Waals surface area contributed by atoms with E-state index in [0.717, 1.165) is 11.1 Å². The van der Waals surface area contributed by atoms with Gasteiger partial charge in [-0.15, -0.1) is 0 Å². The molecule has 0 fully saturated rings. The van der Waals surface area contributed by atoms with Gasteiger partial charge >= 0.3 is 0 Å². The third-order valence-corrected chi connectivity index (χ3v) is 3.75. The second-order valence-electron chi connectivity index (χ2n) is 5.11. The molecule has 2 aromatic carbocycles. The summed E-state index contributed by atoms with van der Waals surface area (Å²) in [4.78, 5) is 11.7. The van der Waals surface area contributed by atoms with Crippen LogP contribution in [-0.2, 0) is 0 Å². The Bertz CT molecular complexity index is 651. The van der Waals surface area contributed by atoms with Gasteiger partial charge in [-0.1, -0.05) is 30.3 Å². The van der Waals surface area contributed by atoms with Crippen molar-refractivity contribution in [2.45, 2.75) is 18.6 Å². The van der Waals surface area contributed by atoms with Crippen molar-refractivity contribution in [1.29, 1.82) is 0 Å². The number of ether oxygens (including phenoxy) is 1. The Morgan fingerprint density at radius 1 is 1.19 bits per heavy atom. The maximum absolute atomic E-state index is 11.7. The average Bonchev–Trinajstić information content (AvgIpc) is 2.53. The Hall–Kier alpha value is -2.17. The van der Waals surface area contributed by atoms with Crippen LogP contribution in [0.25, 0.3) is 0 Å². The molecule has 4 nitrogen and oxygen atoms in total. The summed E-state index contributed by atoms with van der Waals surface area (Å²) in [5.74, 6) is 0.226. The maximum atomic E-state index is 11.7. The number of carbonyl (C=O) groups excluding carboxylic acids is 1. The second kappa shape index (κ2) is 5.68. The number of benzene rings is 2. The van der Waals surface area contributed by atoms with Crippen LogP contribution in [0.5, 0.6) is 5.75 Å². The summed E-state index contributed by atoms with van der Waals surface area (Å²) in [6.07, 6.45) is -0.421. The lowest BCUT2D eigenvalue weighted by Gasteiger charge is -2.30. The van der Waals surface area contributed by atoms with Crippen molar-refractivity contribution < 1.29 is 19.7 Å². The van der Waals surface area contributed by atoms with E-state index >= 15 is 0 Å². The Morgan fingerprint density at radius 2 is 1.95 bits per heavy atom. The zero-order valence-corrected chi connectivity index (χ0v) is 11.4. The van der Waals surface area contributed by atoms with Gasteiger partial charge in [-0.05, 0) is 23.8 Å². The molecule has 0 amide bonds. The highest BCUT2D eigenvalue weighted by molar-refractivity contribution is 5.97. The number of hydrogen-bond acceptors (Lipinski definition) is 4. The van der Waals surface area contributed by atoms with Gasteiger partial charge in [0.1, 0.15) is 12.4 Å². The molecule has 2 aromatic rings. The van der Waals surface area contributed by atoms with Crippen LogP contribution in [0.3, 0.4) is 0 Å². The van der Waals surface area contributed by atoms with E-state index in [1.165, 1.54) is 0 Å². The zero-order chi connectivity index (χ0) is 14.8. The standard InChI is InChI=1S/C17H16O4/c18-10-15(19)12-6-7-16-14(8-12)13(9-17(20)21-16)11-4-2-1-3-5-11/h1-8,13,17-18,20H,9-10H2. The predicted octanol–water partition coefficient (Wildman–Crippen LogP) is 2.09. The lowest BCUT2D eigenvalue weighted by Crippen LogP contribution is -2.26. The number of rotatable bonds is 3. The topological polar surface area (TPSA) is 66.8 Å². The fraction of sp³-hybridized carbons (Fsp3) is 0.235. The smallest absolute Gasteiger partial charge is 0.198 e. The molecule has 0 aliphatic carbocycles. The number of carbonyl (C=O) groups is 1. The largest absolute Gasteiger partial charge is 0.465 e. The van der Waals surface area contributed by atoms with Gasteiger partial charge in [0.2, 0.25) is 0 Å². The van der Waals surface area contributed by atoms with Crippen molar-refractivity contribution in [3.05, 3.63) is 65.2 Å². The Kier molecular flexibility index (Phi) is 3.73. The quantitative estimate of drug-likeness (QED) is 0.847. The molecule has 21 heavy (non-hydrogen) atoms. The highest BCUT2D eigenvalue weighted by Crippen LogP contribution is 2.40. The first-order chi connectivity index (χ1) is 10.2. The van der Waals surface area contributed by atoms with E-state index in [9.17, 15) is 9.90 Å². The van der Waals surface area contributed by atoms with Gasteiger partial charge in [0.15, 0.2) is 12.1 Å². The number of ketones is 1. The fourth-order valence-corrected chi connectivity index (χ4v) is 2.72. The van der Waals surface area contributed by atoms with Crippen LogP contribution in [-0.4, -0.2) is 28.9 Å². The van der Waals surface area contributed by atoms with Crippen molar-refractivity contribution in [3.8, 4) is 5.75 Å². The van der Waals surface area contributed by atoms with E-state index < -0.39 is 12.9 Å². The molecule has 0 saturated carbocycles. The van der Waals surface area contributed by atoms with Crippen LogP contribution in [0.4, 0.5) is 0 Å². The minimum absolute atomic E-state index is 0.0311. The van der Waals surface area contributed by atoms with Gasteiger partial charge in [0.05, 0.1) is 0 Å². The Balaban J connectivity index is 2.07. The molecule has 3 rings (SSSR count). The molecule has 0 spiro atoms. The fourth-order valence-electron chi connectivity index (χ4n) is 2.72. The Morgan fingerprint density at radius 3 is 2.67 bits per heavy atom. The SMILES string of the molecule is O=C(CO)c1ccc2c(c1)C(c1ccccc1)CC(O)O2. The number of hydrogen-bond donors (Lipinski definition) is 2. The van der Waals surface area contributed by atoms with Crippen LogP contribution in [0.15, 0.2) is 48.5 Å². The van der Waals surface area contributed by atoms with Crippen LogP contribution in [0, 0.1) is 0 Å². The first-order valence-electron chi connectivity index (χ1n) is 6.86. The summed E-state index contributed by atoms with van der Waals surface area (Å²) >= 11 is 0. The third kappa shape index (κ3) is 2.68. The molecule has 108 valence electrons. The van der Waals surface area contributed by atoms with E-state index in [0.29, 0.717) is 17.7 Å². The number of fused-ring (bicyclic) bond motifs is 1. The average molecular weight is 284 g/mol. The summed E-state index contributed by atoms with van der Waals surface area (Å²) in [7, 11) is 0. The van der Waals surface area contributed by atoms with Gasteiger partial charge in [-0.2, -0.15) is 0 Å². The van der Waals surface area contributed by atoms with E-state index in [4.69, 9.17) is 9.84 Å². The molecule has 1 aliphatic rings. The van der Waals surface area contributed by atoms with E-state index in [1.807, 2.05) is 30.3 Å². The first kappa shape index (κ1) is 13.8. The van der Waals surface area contributed by atoms with E-state index in [-0.39, 0.29) is 11.7 Å². The summed E-state index contributed by atoms with van der Waals surface area (Å²) in [6, 6.07) is 14.8. The van der Waals surface area contributed by atoms with Gasteiger partial charge in [0.25, 0.3) is 0 Å². The van der Waals surface area contributed by atoms with Crippen LogP contribution < -0.4 is 4.74 Å². The van der Waals surface area contributed by atoms with Crippen LogP contribution in [0.1, 0.15) is 33.8 Å². The zero-order valence-electron chi connectivity index (χ0n) is 11.4. The molecule has 1 aliphatic heterocycles. The maximum Gasteiger partial charge on any atom is 0.198 e. The molecular weight excluding hydrogens is 268 g/mol. The van der Waals surface area contributed by atoms with Gasteiger partial charge < -0.3 is 14.9 Å². The normalized spacial score (nSPS) is 20.5. The molecule has 0 saturated heterocycles. The minimum atomic E-state index is -0.859. The third-order valence-electron chi connectivity index (χ3n) is 3.75. The van der Waals surface area contributed by atoms with Gasteiger partial charge in [-0.3, -0.25) is 4.79 Å². The van der Waals surface area contributed by atoms with Crippen molar-refractivity contribution in [1.82, 2.24) is 0 Å². The monoisotopic (exact) mass is 284 g/mol. The molecule has 0 bridgehead atoms. The van der Waals surface area contributed by atoms with Gasteiger partial charge in [0, 0.05) is 23.5 Å². The molecule has 2 atom stereocenters. The summed E-state index contributed by atoms with van der Waals surface area (Å²) in [6.45, 7) is -0.516. The molecule has 2 unspecified atom stereocenters. The minimum Gasteiger partial charge on any atom is -0.465 e. The van der Waals surface area contributed by atoms with Crippen LogP contribution >= 0.6 is 0 Å². The van der Waals surface area contributed by atoms with Crippen LogP contribution in [0.2, 0.25) is 0 Å². The molecular formula is C17H16O4.